The van der Waals surface area contributed by atoms with Crippen LogP contribution < -0.4 is 5.73 Å². The minimum Gasteiger partial charge on any atom is -0.508 e. The molecule has 1 atom stereocenters. The first-order valence-corrected chi connectivity index (χ1v) is 5.80. The van der Waals surface area contributed by atoms with Crippen molar-refractivity contribution < 1.29 is 14.6 Å². The monoisotopic (exact) mass is 252 g/mol. The van der Waals surface area contributed by atoms with Gasteiger partial charge in [0, 0.05) is 32.3 Å². The molecule has 0 aliphatic heterocycles. The van der Waals surface area contributed by atoms with Gasteiger partial charge in [-0.3, -0.25) is 4.79 Å². The summed E-state index contributed by atoms with van der Waals surface area (Å²) in [5.74, 6) is 0.0588. The van der Waals surface area contributed by atoms with Crippen LogP contribution in [0.25, 0.3) is 0 Å². The molecule has 0 aliphatic carbocycles. The van der Waals surface area contributed by atoms with Gasteiger partial charge < -0.3 is 20.5 Å². The SMILES string of the molecule is COCC(N)CN(C)C(=O)Cc1ccccc1O. The standard InChI is InChI=1S/C13H20N2O3/c1-15(8-11(14)9-18-2)13(17)7-10-5-3-4-6-12(10)16/h3-6,11,16H,7-9,14H2,1-2H3. The molecular formula is C13H20N2O3. The minimum atomic E-state index is -0.201. The van der Waals surface area contributed by atoms with Crippen molar-refractivity contribution in [2.24, 2.45) is 5.73 Å². The average molecular weight is 252 g/mol. The Balaban J connectivity index is 2.52. The Labute approximate surface area is 107 Å². The minimum absolute atomic E-state index is 0.0805. The number of para-hydroxylation sites is 1. The quantitative estimate of drug-likeness (QED) is 0.767. The van der Waals surface area contributed by atoms with E-state index >= 15 is 0 Å². The Morgan fingerprint density at radius 1 is 1.50 bits per heavy atom. The third kappa shape index (κ3) is 4.35. The van der Waals surface area contributed by atoms with Gasteiger partial charge in [0.15, 0.2) is 0 Å². The Morgan fingerprint density at radius 2 is 2.17 bits per heavy atom. The van der Waals surface area contributed by atoms with Crippen LogP contribution in [0.2, 0.25) is 0 Å². The number of hydrogen-bond donors (Lipinski definition) is 2. The fraction of sp³-hybridized carbons (Fsp3) is 0.462. The Kier molecular flexibility index (Phi) is 5.61. The molecule has 1 aromatic carbocycles. The number of rotatable bonds is 6. The lowest BCUT2D eigenvalue weighted by atomic mass is 10.1. The molecule has 0 aliphatic rings. The van der Waals surface area contributed by atoms with Crippen LogP contribution in [0, 0.1) is 0 Å². The molecule has 0 radical (unpaired) electrons. The Morgan fingerprint density at radius 3 is 2.78 bits per heavy atom. The van der Waals surface area contributed by atoms with Gasteiger partial charge in [-0.25, -0.2) is 0 Å². The highest BCUT2D eigenvalue weighted by molar-refractivity contribution is 5.79. The normalized spacial score (nSPS) is 12.2. The number of phenols is 1. The molecular weight excluding hydrogens is 232 g/mol. The maximum Gasteiger partial charge on any atom is 0.226 e. The van der Waals surface area contributed by atoms with Crippen LogP contribution >= 0.6 is 0 Å². The predicted octanol–water partition coefficient (Wildman–Crippen LogP) is 0.367. The lowest BCUT2D eigenvalue weighted by Gasteiger charge is -2.21. The highest BCUT2D eigenvalue weighted by Gasteiger charge is 2.14. The van der Waals surface area contributed by atoms with E-state index in [0.717, 1.165) is 0 Å². The topological polar surface area (TPSA) is 75.8 Å². The van der Waals surface area contributed by atoms with Gasteiger partial charge in [0.2, 0.25) is 5.91 Å². The van der Waals surface area contributed by atoms with E-state index in [-0.39, 0.29) is 24.1 Å². The summed E-state index contributed by atoms with van der Waals surface area (Å²) < 4.78 is 4.92. The lowest BCUT2D eigenvalue weighted by molar-refractivity contribution is -0.129. The first-order valence-electron chi connectivity index (χ1n) is 5.80. The average Bonchev–Trinajstić information content (AvgIpc) is 2.32. The zero-order valence-electron chi connectivity index (χ0n) is 10.8. The molecule has 18 heavy (non-hydrogen) atoms. The molecule has 0 saturated carbocycles. The molecule has 5 heteroatoms. The van der Waals surface area contributed by atoms with Crippen LogP contribution in [0.15, 0.2) is 24.3 Å². The van der Waals surface area contributed by atoms with Crippen molar-refractivity contribution in [3.8, 4) is 5.75 Å². The van der Waals surface area contributed by atoms with E-state index in [2.05, 4.69) is 0 Å². The third-order valence-electron chi connectivity index (χ3n) is 2.65. The summed E-state index contributed by atoms with van der Waals surface area (Å²) >= 11 is 0. The number of ether oxygens (including phenoxy) is 1. The molecule has 0 spiro atoms. The van der Waals surface area contributed by atoms with Crippen molar-refractivity contribution >= 4 is 5.91 Å². The van der Waals surface area contributed by atoms with Crippen molar-refractivity contribution in [2.75, 3.05) is 27.3 Å². The van der Waals surface area contributed by atoms with Crippen LogP contribution in [0.5, 0.6) is 5.75 Å². The van der Waals surface area contributed by atoms with E-state index in [4.69, 9.17) is 10.5 Å². The second-order valence-corrected chi connectivity index (χ2v) is 4.30. The van der Waals surface area contributed by atoms with Crippen molar-refractivity contribution in [2.45, 2.75) is 12.5 Å². The van der Waals surface area contributed by atoms with E-state index in [0.29, 0.717) is 18.7 Å². The number of carbonyl (C=O) groups is 1. The first kappa shape index (κ1) is 14.5. The van der Waals surface area contributed by atoms with E-state index in [1.54, 1.807) is 43.3 Å². The number of methoxy groups -OCH3 is 1. The Hall–Kier alpha value is -1.59. The molecule has 1 unspecified atom stereocenters. The summed E-state index contributed by atoms with van der Waals surface area (Å²) in [4.78, 5) is 13.5. The van der Waals surface area contributed by atoms with Gasteiger partial charge in [-0.1, -0.05) is 18.2 Å². The molecule has 3 N–H and O–H groups in total. The van der Waals surface area contributed by atoms with Gasteiger partial charge in [-0.05, 0) is 6.07 Å². The van der Waals surface area contributed by atoms with Crippen molar-refractivity contribution in [1.82, 2.24) is 4.90 Å². The maximum atomic E-state index is 11.9. The molecule has 0 bridgehead atoms. The molecule has 0 fully saturated rings. The number of hydrogen-bond acceptors (Lipinski definition) is 4. The number of amides is 1. The fourth-order valence-electron chi connectivity index (χ4n) is 1.68. The van der Waals surface area contributed by atoms with Crippen molar-refractivity contribution in [3.05, 3.63) is 29.8 Å². The smallest absolute Gasteiger partial charge is 0.226 e. The number of phenolic OH excluding ortho intramolecular Hbond substituents is 1. The third-order valence-corrected chi connectivity index (χ3v) is 2.65. The summed E-state index contributed by atoms with van der Waals surface area (Å²) in [5.41, 5.74) is 6.40. The molecule has 1 rings (SSSR count). The van der Waals surface area contributed by atoms with Gasteiger partial charge in [-0.15, -0.1) is 0 Å². The molecule has 1 aromatic rings. The van der Waals surface area contributed by atoms with Crippen LogP contribution in [0.3, 0.4) is 0 Å². The number of nitrogens with two attached hydrogens (primary N) is 1. The van der Waals surface area contributed by atoms with Gasteiger partial charge in [0.25, 0.3) is 0 Å². The maximum absolute atomic E-state index is 11.9. The van der Waals surface area contributed by atoms with E-state index in [1.807, 2.05) is 0 Å². The summed E-state index contributed by atoms with van der Waals surface area (Å²) in [6, 6.07) is 6.61. The predicted molar refractivity (Wildman–Crippen MR) is 69.3 cm³/mol. The van der Waals surface area contributed by atoms with E-state index in [1.165, 1.54) is 0 Å². The highest BCUT2D eigenvalue weighted by Crippen LogP contribution is 2.16. The van der Waals surface area contributed by atoms with E-state index in [9.17, 15) is 9.90 Å². The zero-order chi connectivity index (χ0) is 13.5. The number of nitrogens with zero attached hydrogens (tertiary/aromatic N) is 1. The van der Waals surface area contributed by atoms with Crippen LogP contribution in [-0.2, 0) is 16.0 Å². The zero-order valence-corrected chi connectivity index (χ0v) is 10.8. The number of benzene rings is 1. The summed E-state index contributed by atoms with van der Waals surface area (Å²) in [6.45, 7) is 0.842. The summed E-state index contributed by atoms with van der Waals surface area (Å²) in [6.07, 6.45) is 0.170. The van der Waals surface area contributed by atoms with Gasteiger partial charge in [0.05, 0.1) is 13.0 Å². The summed E-state index contributed by atoms with van der Waals surface area (Å²) in [5, 5.41) is 9.59. The van der Waals surface area contributed by atoms with Gasteiger partial charge >= 0.3 is 0 Å². The first-order chi connectivity index (χ1) is 8.54. The second kappa shape index (κ2) is 6.98. The van der Waals surface area contributed by atoms with Gasteiger partial charge in [-0.2, -0.15) is 0 Å². The number of likely N-dealkylation sites (N-methyl/N-ethyl adjacent to an activating group) is 1. The lowest BCUT2D eigenvalue weighted by Crippen LogP contribution is -2.41. The van der Waals surface area contributed by atoms with Gasteiger partial charge in [0.1, 0.15) is 5.75 Å². The Bertz CT molecular complexity index is 396. The fourth-order valence-corrected chi connectivity index (χ4v) is 1.68. The molecule has 0 heterocycles. The number of aromatic hydroxyl groups is 1. The molecule has 1 amide bonds. The van der Waals surface area contributed by atoms with Crippen LogP contribution in [0.4, 0.5) is 0 Å². The summed E-state index contributed by atoms with van der Waals surface area (Å²) in [7, 11) is 3.27. The van der Waals surface area contributed by atoms with E-state index < -0.39 is 0 Å². The van der Waals surface area contributed by atoms with Crippen LogP contribution in [-0.4, -0.2) is 49.3 Å². The second-order valence-electron chi connectivity index (χ2n) is 4.30. The van der Waals surface area contributed by atoms with Crippen molar-refractivity contribution in [1.29, 1.82) is 0 Å². The van der Waals surface area contributed by atoms with Crippen molar-refractivity contribution in [3.63, 3.8) is 0 Å². The highest BCUT2D eigenvalue weighted by atomic mass is 16.5. The number of carbonyl (C=O) groups excluding carboxylic acids is 1. The largest absolute Gasteiger partial charge is 0.508 e. The molecule has 100 valence electrons. The molecule has 0 saturated heterocycles. The molecule has 5 nitrogen and oxygen atoms in total. The van der Waals surface area contributed by atoms with Crippen LogP contribution in [0.1, 0.15) is 5.56 Å². The molecule has 0 aromatic heterocycles.